The molecule has 3 N–H and O–H groups in total. The summed E-state index contributed by atoms with van der Waals surface area (Å²) in [4.78, 5) is 36.8. The monoisotopic (exact) mass is 775 g/mol. The number of methoxy groups -OCH3 is 1. The maximum Gasteiger partial charge on any atom is 0.490 e. The molecule has 4 aromatic rings. The number of benzene rings is 2. The molecule has 230 valence electrons. The Hall–Kier alpha value is -2.98. The number of esters is 1. The first-order chi connectivity index (χ1) is 20.4. The highest BCUT2D eigenvalue weighted by atomic mass is 127. The Kier molecular flexibility index (Phi) is 11.2. The molecule has 2 aromatic heterocycles. The second-order valence-electron chi connectivity index (χ2n) is 10.0. The van der Waals surface area contributed by atoms with Gasteiger partial charge in [-0.2, -0.15) is 13.2 Å². The van der Waals surface area contributed by atoms with Gasteiger partial charge in [0.05, 0.1) is 18.1 Å². The van der Waals surface area contributed by atoms with Gasteiger partial charge < -0.3 is 25.0 Å². The first-order valence-corrected chi connectivity index (χ1v) is 15.4. The van der Waals surface area contributed by atoms with Crippen LogP contribution in [0.2, 0.25) is 0 Å². The van der Waals surface area contributed by atoms with Crippen molar-refractivity contribution in [3.63, 3.8) is 0 Å². The molecule has 1 aliphatic rings. The van der Waals surface area contributed by atoms with Crippen molar-refractivity contribution >= 4 is 78.2 Å². The van der Waals surface area contributed by atoms with Gasteiger partial charge in [0.1, 0.15) is 17.3 Å². The highest BCUT2D eigenvalue weighted by molar-refractivity contribution is 14.1. The zero-order valence-electron chi connectivity index (χ0n) is 23.2. The molecular weight excluding hydrogens is 746 g/mol. The number of carboxylic acid groups (broad SMARTS) is 1. The number of H-pyrrole nitrogens is 1. The second kappa shape index (κ2) is 14.7. The Morgan fingerprint density at radius 2 is 1.86 bits per heavy atom. The number of aromatic nitrogens is 3. The molecule has 1 aliphatic heterocycles. The average molecular weight is 776 g/mol. The molecule has 9 nitrogen and oxygen atoms in total. The molecule has 43 heavy (non-hydrogen) atoms. The molecule has 1 saturated heterocycles. The molecule has 0 amide bonds. The van der Waals surface area contributed by atoms with E-state index in [0.29, 0.717) is 12.0 Å². The number of carbonyl (C=O) groups is 2. The predicted octanol–water partition coefficient (Wildman–Crippen LogP) is 6.78. The molecule has 0 spiro atoms. The quantitative estimate of drug-likeness (QED) is 0.102. The molecule has 0 atom stereocenters. The van der Waals surface area contributed by atoms with Crippen LogP contribution in [0.25, 0.3) is 21.9 Å². The Labute approximate surface area is 267 Å². The van der Waals surface area contributed by atoms with Crippen molar-refractivity contribution in [1.82, 2.24) is 19.9 Å². The van der Waals surface area contributed by atoms with E-state index in [1.165, 1.54) is 39.5 Å². The minimum atomic E-state index is -5.08. The van der Waals surface area contributed by atoms with E-state index in [0.717, 1.165) is 66.7 Å². The second-order valence-corrected chi connectivity index (χ2v) is 12.2. The number of ether oxygens (including phenoxy) is 1. The van der Waals surface area contributed by atoms with Crippen molar-refractivity contribution in [1.29, 1.82) is 0 Å². The third-order valence-corrected chi connectivity index (χ3v) is 7.92. The van der Waals surface area contributed by atoms with Crippen LogP contribution < -0.4 is 5.32 Å². The lowest BCUT2D eigenvalue weighted by atomic mass is 10.1. The topological polar surface area (TPSA) is 120 Å². The van der Waals surface area contributed by atoms with Crippen LogP contribution >= 0.6 is 38.5 Å². The summed E-state index contributed by atoms with van der Waals surface area (Å²) in [6.07, 6.45) is 0.559. The number of halogens is 5. The first kappa shape index (κ1) is 32.9. The Morgan fingerprint density at radius 1 is 1.14 bits per heavy atom. The molecule has 0 saturated carbocycles. The SMILES string of the molecule is COC(=O)c1ccc2c(c1)[nH]c1nc(Cc3cc(Br)cc(I)c3)nc(NCCCN3CCCCC3)c12.O=C(O)C(F)(F)F. The van der Waals surface area contributed by atoms with E-state index in [1.54, 1.807) is 6.07 Å². The predicted molar refractivity (Wildman–Crippen MR) is 169 cm³/mol. The minimum Gasteiger partial charge on any atom is -0.475 e. The van der Waals surface area contributed by atoms with Gasteiger partial charge in [-0.3, -0.25) is 0 Å². The van der Waals surface area contributed by atoms with Crippen LogP contribution in [0.5, 0.6) is 0 Å². The molecule has 14 heteroatoms. The van der Waals surface area contributed by atoms with E-state index in [9.17, 15) is 18.0 Å². The summed E-state index contributed by atoms with van der Waals surface area (Å²) < 4.78 is 38.8. The lowest BCUT2D eigenvalue weighted by molar-refractivity contribution is -0.192. The lowest BCUT2D eigenvalue weighted by Gasteiger charge is -2.26. The number of hydrogen-bond acceptors (Lipinski definition) is 7. The van der Waals surface area contributed by atoms with Crippen LogP contribution in [0, 0.1) is 3.57 Å². The zero-order valence-corrected chi connectivity index (χ0v) is 27.0. The smallest absolute Gasteiger partial charge is 0.475 e. The van der Waals surface area contributed by atoms with Crippen molar-refractivity contribution in [3.8, 4) is 0 Å². The Morgan fingerprint density at radius 3 is 2.51 bits per heavy atom. The Bertz CT molecular complexity index is 1590. The standard InChI is InChI=1S/C27H29BrIN5O2.C2HF3O2/c1-36-27(35)18-6-7-21-22(15-18)31-26-24(21)25(30-8-5-11-34-9-3-2-4-10-34)32-23(33-26)14-17-12-19(28)16-20(29)13-17;3-2(4,5)1(6)7/h6-7,12-13,15-16H,2-5,8-11,14H2,1H3,(H2,30,31,32,33);(H,6,7). The lowest BCUT2D eigenvalue weighted by Crippen LogP contribution is -2.31. The number of anilines is 1. The summed E-state index contributed by atoms with van der Waals surface area (Å²) in [5.74, 6) is -1.54. The number of likely N-dealkylation sites (tertiary alicyclic amines) is 1. The number of alkyl halides is 3. The van der Waals surface area contributed by atoms with Gasteiger partial charge in [0.2, 0.25) is 0 Å². The van der Waals surface area contributed by atoms with Gasteiger partial charge in [-0.15, -0.1) is 0 Å². The number of nitrogens with zero attached hydrogens (tertiary/aromatic N) is 3. The molecule has 5 rings (SSSR count). The molecule has 0 aliphatic carbocycles. The van der Waals surface area contributed by atoms with E-state index in [-0.39, 0.29) is 5.97 Å². The number of piperidine rings is 1. The first-order valence-electron chi connectivity index (χ1n) is 13.6. The van der Waals surface area contributed by atoms with Crippen molar-refractivity contribution in [2.45, 2.75) is 38.3 Å². The van der Waals surface area contributed by atoms with Crippen molar-refractivity contribution < 1.29 is 32.6 Å². The van der Waals surface area contributed by atoms with Gasteiger partial charge >= 0.3 is 18.1 Å². The van der Waals surface area contributed by atoms with Crippen LogP contribution in [0.3, 0.4) is 0 Å². The number of nitrogens with one attached hydrogen (secondary N) is 2. The number of carboxylic acids is 1. The van der Waals surface area contributed by atoms with Gasteiger partial charge in [0.25, 0.3) is 0 Å². The van der Waals surface area contributed by atoms with Crippen LogP contribution in [-0.4, -0.2) is 76.4 Å². The van der Waals surface area contributed by atoms with Gasteiger partial charge in [-0.05, 0) is 97.4 Å². The van der Waals surface area contributed by atoms with Gasteiger partial charge in [-0.1, -0.05) is 28.4 Å². The number of aliphatic carboxylic acids is 1. The average Bonchev–Trinajstić information content (AvgIpc) is 3.32. The summed E-state index contributed by atoms with van der Waals surface area (Å²) in [6, 6.07) is 11.9. The molecule has 1 fully saturated rings. The highest BCUT2D eigenvalue weighted by Gasteiger charge is 2.38. The zero-order chi connectivity index (χ0) is 31.1. The van der Waals surface area contributed by atoms with Crippen molar-refractivity contribution in [2.75, 3.05) is 38.6 Å². The number of rotatable bonds is 8. The highest BCUT2D eigenvalue weighted by Crippen LogP contribution is 2.31. The summed E-state index contributed by atoms with van der Waals surface area (Å²) in [5, 5.41) is 12.7. The third kappa shape index (κ3) is 9.01. The maximum absolute atomic E-state index is 12.1. The van der Waals surface area contributed by atoms with Crippen LogP contribution in [-0.2, 0) is 16.0 Å². The third-order valence-electron chi connectivity index (χ3n) is 6.84. The molecule has 0 unspecified atom stereocenters. The molecule has 2 aromatic carbocycles. The van der Waals surface area contributed by atoms with Crippen molar-refractivity contribution in [3.05, 3.63) is 61.4 Å². The fourth-order valence-electron chi connectivity index (χ4n) is 4.89. The normalized spacial score (nSPS) is 13.9. The van der Waals surface area contributed by atoms with Crippen LogP contribution in [0.15, 0.2) is 40.9 Å². The largest absolute Gasteiger partial charge is 0.490 e. The molecule has 3 heterocycles. The van der Waals surface area contributed by atoms with E-state index >= 15 is 0 Å². The van der Waals surface area contributed by atoms with Crippen LogP contribution in [0.1, 0.15) is 47.4 Å². The fraction of sp³-hybridized carbons (Fsp3) is 0.379. The number of hydrogen-bond donors (Lipinski definition) is 3. The Balaban J connectivity index is 0.000000541. The van der Waals surface area contributed by atoms with E-state index in [4.69, 9.17) is 24.6 Å². The maximum atomic E-state index is 12.1. The van der Waals surface area contributed by atoms with Gasteiger partial charge in [0.15, 0.2) is 0 Å². The van der Waals surface area contributed by atoms with Crippen LogP contribution in [0.4, 0.5) is 19.0 Å². The van der Waals surface area contributed by atoms with E-state index in [2.05, 4.69) is 71.9 Å². The van der Waals surface area contributed by atoms with Gasteiger partial charge in [-0.25, -0.2) is 19.6 Å². The van der Waals surface area contributed by atoms with E-state index in [1.807, 2.05) is 12.1 Å². The minimum absolute atomic E-state index is 0.359. The van der Waals surface area contributed by atoms with E-state index < -0.39 is 12.1 Å². The number of fused-ring (bicyclic) bond motifs is 3. The van der Waals surface area contributed by atoms with Crippen molar-refractivity contribution in [2.24, 2.45) is 0 Å². The molecule has 0 bridgehead atoms. The van der Waals surface area contributed by atoms with Gasteiger partial charge in [0, 0.05) is 31.9 Å². The summed E-state index contributed by atoms with van der Waals surface area (Å²) in [5.41, 5.74) is 3.26. The number of carbonyl (C=O) groups excluding carboxylic acids is 1. The molecular formula is C29H30BrF3IN5O4. The fourth-order valence-corrected chi connectivity index (χ4v) is 6.59. The molecule has 0 radical (unpaired) electrons. The summed E-state index contributed by atoms with van der Waals surface area (Å²) in [6.45, 7) is 4.35. The summed E-state index contributed by atoms with van der Waals surface area (Å²) >= 11 is 5.92. The summed E-state index contributed by atoms with van der Waals surface area (Å²) in [7, 11) is 1.39. The number of aromatic amines is 1.